The van der Waals surface area contributed by atoms with Crippen LogP contribution in [0.3, 0.4) is 0 Å². The average Bonchev–Trinajstić information content (AvgIpc) is 3.37. The zero-order valence-electron chi connectivity index (χ0n) is 22.8. The Bertz CT molecular complexity index is 1430. The van der Waals surface area contributed by atoms with E-state index in [0.717, 1.165) is 14.7 Å². The van der Waals surface area contributed by atoms with Crippen LogP contribution in [0.25, 0.3) is 0 Å². The molecular weight excluding hydrogens is 555 g/mol. The second-order valence-corrected chi connectivity index (χ2v) is 11.0. The van der Waals surface area contributed by atoms with Crippen molar-refractivity contribution in [1.29, 1.82) is 0 Å². The highest BCUT2D eigenvalue weighted by atomic mass is 31.2. The van der Waals surface area contributed by atoms with Gasteiger partial charge in [-0.05, 0) is 31.5 Å². The SMILES string of the molecule is CCOP(=O)(CO[C@H]1C[C@H](OC(=O)c2ccccc2)[C@H](n2ccc(=O)n(COCc3ccccc3)c2=O)O1)OCC. The van der Waals surface area contributed by atoms with E-state index in [1.54, 1.807) is 44.2 Å². The Morgan fingerprint density at radius 2 is 1.63 bits per heavy atom. The molecule has 3 atom stereocenters. The Kier molecular flexibility index (Phi) is 10.8. The summed E-state index contributed by atoms with van der Waals surface area (Å²) in [4.78, 5) is 38.9. The van der Waals surface area contributed by atoms with Gasteiger partial charge in [-0.15, -0.1) is 0 Å². The molecule has 1 aliphatic rings. The van der Waals surface area contributed by atoms with Crippen molar-refractivity contribution in [1.82, 2.24) is 9.13 Å². The van der Waals surface area contributed by atoms with Gasteiger partial charge in [-0.2, -0.15) is 0 Å². The van der Waals surface area contributed by atoms with E-state index < -0.39 is 49.8 Å². The maximum atomic E-state index is 13.4. The molecule has 2 aromatic carbocycles. The molecule has 0 saturated carbocycles. The molecule has 1 saturated heterocycles. The third-order valence-corrected chi connectivity index (χ3v) is 7.84. The largest absolute Gasteiger partial charge is 0.454 e. The summed E-state index contributed by atoms with van der Waals surface area (Å²) in [5.41, 5.74) is -0.122. The molecule has 0 bridgehead atoms. The molecular formula is C28H33N2O10P. The number of esters is 1. The van der Waals surface area contributed by atoms with Crippen molar-refractivity contribution < 1.29 is 37.4 Å². The molecule has 0 N–H and O–H groups in total. The lowest BCUT2D eigenvalue weighted by Crippen LogP contribution is -2.43. The van der Waals surface area contributed by atoms with Gasteiger partial charge >= 0.3 is 19.3 Å². The molecule has 1 aromatic heterocycles. The number of hydrogen-bond donors (Lipinski definition) is 0. The fourth-order valence-electron chi connectivity index (χ4n) is 4.20. The van der Waals surface area contributed by atoms with Crippen LogP contribution in [0.4, 0.5) is 0 Å². The summed E-state index contributed by atoms with van der Waals surface area (Å²) in [7, 11) is -3.56. The molecule has 3 aromatic rings. The summed E-state index contributed by atoms with van der Waals surface area (Å²) in [6, 6.07) is 18.8. The van der Waals surface area contributed by atoms with Crippen LogP contribution in [-0.4, -0.2) is 47.1 Å². The van der Waals surface area contributed by atoms with Crippen molar-refractivity contribution in [2.75, 3.05) is 19.6 Å². The van der Waals surface area contributed by atoms with Crippen molar-refractivity contribution in [3.63, 3.8) is 0 Å². The Balaban J connectivity index is 1.55. The van der Waals surface area contributed by atoms with E-state index in [9.17, 15) is 18.9 Å². The second kappa shape index (κ2) is 14.5. The molecule has 0 spiro atoms. The van der Waals surface area contributed by atoms with Crippen LogP contribution in [0.5, 0.6) is 0 Å². The lowest BCUT2D eigenvalue weighted by molar-refractivity contribution is -0.149. The van der Waals surface area contributed by atoms with Crippen molar-refractivity contribution in [3.05, 3.63) is 105 Å². The van der Waals surface area contributed by atoms with Gasteiger partial charge in [0.25, 0.3) is 5.56 Å². The summed E-state index contributed by atoms with van der Waals surface area (Å²) < 4.78 is 48.5. The van der Waals surface area contributed by atoms with Gasteiger partial charge in [0.05, 0.1) is 25.4 Å². The Morgan fingerprint density at radius 1 is 0.976 bits per heavy atom. The molecule has 1 fully saturated rings. The first-order valence-electron chi connectivity index (χ1n) is 13.2. The molecule has 1 aliphatic heterocycles. The van der Waals surface area contributed by atoms with Gasteiger partial charge in [0.1, 0.15) is 6.73 Å². The van der Waals surface area contributed by atoms with Crippen molar-refractivity contribution in [3.8, 4) is 0 Å². The number of nitrogens with zero attached hydrogens (tertiary/aromatic N) is 2. The quantitative estimate of drug-likeness (QED) is 0.202. The van der Waals surface area contributed by atoms with Crippen LogP contribution in [-0.2, 0) is 45.9 Å². The van der Waals surface area contributed by atoms with Gasteiger partial charge in [0.15, 0.2) is 25.0 Å². The predicted octanol–water partition coefficient (Wildman–Crippen LogP) is 3.90. The lowest BCUT2D eigenvalue weighted by atomic mass is 10.2. The number of carbonyl (C=O) groups excluding carboxylic acids is 1. The minimum Gasteiger partial charge on any atom is -0.454 e. The lowest BCUT2D eigenvalue weighted by Gasteiger charge is -2.22. The first kappa shape index (κ1) is 30.6. The first-order valence-corrected chi connectivity index (χ1v) is 14.9. The first-order chi connectivity index (χ1) is 19.8. The van der Waals surface area contributed by atoms with Crippen LogP contribution < -0.4 is 11.2 Å². The van der Waals surface area contributed by atoms with Crippen LogP contribution in [0, 0.1) is 0 Å². The normalized spacial score (nSPS) is 18.8. The molecule has 220 valence electrons. The third-order valence-electron chi connectivity index (χ3n) is 6.07. The zero-order valence-corrected chi connectivity index (χ0v) is 23.7. The molecule has 2 heterocycles. The fourth-order valence-corrected chi connectivity index (χ4v) is 5.55. The molecule has 0 aliphatic carbocycles. The highest BCUT2D eigenvalue weighted by molar-refractivity contribution is 7.53. The third kappa shape index (κ3) is 8.10. The maximum Gasteiger partial charge on any atom is 0.356 e. The second-order valence-electron chi connectivity index (χ2n) is 8.98. The molecule has 13 heteroatoms. The number of rotatable bonds is 14. The summed E-state index contributed by atoms with van der Waals surface area (Å²) in [5.74, 6) is -0.633. The minimum atomic E-state index is -3.56. The molecule has 0 amide bonds. The molecule has 12 nitrogen and oxygen atoms in total. The zero-order chi connectivity index (χ0) is 29.2. The Hall–Kier alpha value is -3.38. The highest BCUT2D eigenvalue weighted by Gasteiger charge is 2.42. The number of ether oxygens (including phenoxy) is 4. The number of carbonyl (C=O) groups is 1. The van der Waals surface area contributed by atoms with Gasteiger partial charge in [0, 0.05) is 18.7 Å². The van der Waals surface area contributed by atoms with Crippen LogP contribution >= 0.6 is 7.60 Å². The summed E-state index contributed by atoms with van der Waals surface area (Å²) >= 11 is 0. The standard InChI is InChI=1S/C28H33N2O10P/c1-3-37-41(34,38-4-2)20-36-25-17-23(39-27(32)22-13-9-6-10-14-22)26(40-25)29-16-15-24(31)30(28(29)33)19-35-18-21-11-7-5-8-12-21/h5-16,23,25-26H,3-4,17-20H2,1-2H3/t23-,25+,26+/m0/s1. The van der Waals surface area contributed by atoms with Crippen molar-refractivity contribution in [2.45, 2.75) is 52.2 Å². The number of aromatic nitrogens is 2. The summed E-state index contributed by atoms with van der Waals surface area (Å²) in [6.45, 7) is 3.54. The number of hydrogen-bond acceptors (Lipinski definition) is 10. The maximum absolute atomic E-state index is 13.4. The summed E-state index contributed by atoms with van der Waals surface area (Å²) in [6.07, 6.45) is -2.30. The predicted molar refractivity (Wildman–Crippen MR) is 147 cm³/mol. The van der Waals surface area contributed by atoms with Crippen molar-refractivity contribution in [2.24, 2.45) is 0 Å². The van der Waals surface area contributed by atoms with Gasteiger partial charge in [-0.1, -0.05) is 48.5 Å². The highest BCUT2D eigenvalue weighted by Crippen LogP contribution is 2.48. The van der Waals surface area contributed by atoms with Crippen molar-refractivity contribution >= 4 is 13.6 Å². The Labute approximate surface area is 236 Å². The van der Waals surface area contributed by atoms with Gasteiger partial charge < -0.3 is 28.0 Å². The van der Waals surface area contributed by atoms with E-state index in [1.165, 1.54) is 12.3 Å². The molecule has 4 rings (SSSR count). The molecule has 41 heavy (non-hydrogen) atoms. The molecule has 0 radical (unpaired) electrons. The fraction of sp³-hybridized carbons (Fsp3) is 0.393. The Morgan fingerprint density at radius 3 is 2.29 bits per heavy atom. The van der Waals surface area contributed by atoms with E-state index in [0.29, 0.717) is 5.56 Å². The average molecular weight is 589 g/mol. The summed E-state index contributed by atoms with van der Waals surface area (Å²) in [5, 5.41) is 0. The van der Waals surface area contributed by atoms with E-state index in [-0.39, 0.29) is 33.0 Å². The minimum absolute atomic E-state index is 0.0115. The van der Waals surface area contributed by atoms with Crippen LogP contribution in [0.2, 0.25) is 0 Å². The van der Waals surface area contributed by atoms with Gasteiger partial charge in [0.2, 0.25) is 0 Å². The van der Waals surface area contributed by atoms with E-state index in [2.05, 4.69) is 0 Å². The van der Waals surface area contributed by atoms with E-state index in [1.807, 2.05) is 30.3 Å². The van der Waals surface area contributed by atoms with E-state index in [4.69, 9.17) is 28.0 Å². The monoisotopic (exact) mass is 588 g/mol. The van der Waals surface area contributed by atoms with Gasteiger partial charge in [-0.25, -0.2) is 14.2 Å². The van der Waals surface area contributed by atoms with Crippen LogP contribution in [0.1, 0.15) is 42.4 Å². The van der Waals surface area contributed by atoms with E-state index >= 15 is 0 Å². The van der Waals surface area contributed by atoms with Gasteiger partial charge in [-0.3, -0.25) is 13.9 Å². The number of benzene rings is 2. The topological polar surface area (TPSA) is 134 Å². The smallest absolute Gasteiger partial charge is 0.356 e. The molecule has 0 unspecified atom stereocenters. The van der Waals surface area contributed by atoms with Crippen LogP contribution in [0.15, 0.2) is 82.5 Å².